The van der Waals surface area contributed by atoms with Gasteiger partial charge in [0.1, 0.15) is 23.5 Å². The molecule has 0 radical (unpaired) electrons. The molecule has 37 heavy (non-hydrogen) atoms. The van der Waals surface area contributed by atoms with Crippen LogP contribution in [-0.4, -0.2) is 53.3 Å². The van der Waals surface area contributed by atoms with Gasteiger partial charge in [0.25, 0.3) is 5.91 Å². The maximum atomic E-state index is 13.3. The Hall–Kier alpha value is -3.27. The maximum absolute atomic E-state index is 13.3. The molecule has 1 saturated heterocycles. The molecule has 1 aromatic carbocycles. The molecule has 2 heterocycles. The predicted octanol–water partition coefficient (Wildman–Crippen LogP) is 2.64. The van der Waals surface area contributed by atoms with E-state index in [1.807, 2.05) is 34.6 Å². The minimum Gasteiger partial charge on any atom is -0.496 e. The fraction of sp³-hybridized carbons (Fsp3) is 0.538. The number of nitrogens with two attached hydrogens (primary N) is 1. The molecular weight excluding hydrogens is 498 g/mol. The number of primary amides is 1. The van der Waals surface area contributed by atoms with Crippen LogP contribution in [-0.2, 0) is 14.4 Å². The van der Waals surface area contributed by atoms with Crippen molar-refractivity contribution in [1.29, 1.82) is 0 Å². The standard InChI is InChI=1S/C26H36ClN5O5/c1-25(2,3)12-19(24(36)30-17(21(28)33)7-13-11-26(4,5)32-22(13)34)31-23(35)18-10-15-16(29-18)8-14(27)9-20(15)37-6/h8-10,13,17,19,29H,7,11-12H2,1-6H3,(H2,28,33)(H,30,36)(H,31,35)(H,32,34)/t13-,17?,19?/m1/s1. The van der Waals surface area contributed by atoms with Gasteiger partial charge in [-0.25, -0.2) is 0 Å². The third-order valence-corrected chi connectivity index (χ3v) is 6.56. The largest absolute Gasteiger partial charge is 0.496 e. The second kappa shape index (κ2) is 10.6. The molecule has 6 N–H and O–H groups in total. The molecule has 1 fully saturated rings. The van der Waals surface area contributed by atoms with Crippen LogP contribution >= 0.6 is 11.6 Å². The molecule has 202 valence electrons. The summed E-state index contributed by atoms with van der Waals surface area (Å²) < 4.78 is 5.36. The van der Waals surface area contributed by atoms with Crippen molar-refractivity contribution >= 4 is 46.1 Å². The normalized spacial score (nSPS) is 18.7. The number of ether oxygens (including phenoxy) is 1. The van der Waals surface area contributed by atoms with E-state index >= 15 is 0 Å². The van der Waals surface area contributed by atoms with E-state index in [9.17, 15) is 19.2 Å². The number of fused-ring (bicyclic) bond motifs is 1. The van der Waals surface area contributed by atoms with Crippen molar-refractivity contribution in [2.75, 3.05) is 7.11 Å². The van der Waals surface area contributed by atoms with E-state index in [0.29, 0.717) is 34.5 Å². The summed E-state index contributed by atoms with van der Waals surface area (Å²) in [6.45, 7) is 9.60. The molecule has 1 aromatic heterocycles. The first kappa shape index (κ1) is 28.3. The minimum atomic E-state index is -1.06. The lowest BCUT2D eigenvalue weighted by atomic mass is 9.87. The predicted molar refractivity (Wildman–Crippen MR) is 141 cm³/mol. The fourth-order valence-electron chi connectivity index (χ4n) is 4.71. The molecule has 2 unspecified atom stereocenters. The minimum absolute atomic E-state index is 0.0785. The summed E-state index contributed by atoms with van der Waals surface area (Å²) in [7, 11) is 1.51. The van der Waals surface area contributed by atoms with Crippen LogP contribution in [0.3, 0.4) is 0 Å². The molecule has 0 saturated carbocycles. The van der Waals surface area contributed by atoms with E-state index in [4.69, 9.17) is 22.1 Å². The highest BCUT2D eigenvalue weighted by molar-refractivity contribution is 6.31. The van der Waals surface area contributed by atoms with E-state index in [1.54, 1.807) is 18.2 Å². The van der Waals surface area contributed by atoms with Gasteiger partial charge < -0.3 is 31.4 Å². The number of carbonyl (C=O) groups excluding carboxylic acids is 4. The number of rotatable bonds is 9. The van der Waals surface area contributed by atoms with E-state index in [-0.39, 0.29) is 23.4 Å². The molecule has 2 aromatic rings. The summed E-state index contributed by atoms with van der Waals surface area (Å²) in [6, 6.07) is 2.92. The summed E-state index contributed by atoms with van der Waals surface area (Å²) in [4.78, 5) is 54.0. The molecule has 1 aliphatic heterocycles. The average molecular weight is 534 g/mol. The van der Waals surface area contributed by atoms with Crippen molar-refractivity contribution in [3.63, 3.8) is 0 Å². The highest BCUT2D eigenvalue weighted by Gasteiger charge is 2.40. The zero-order valence-electron chi connectivity index (χ0n) is 22.1. The molecule has 3 rings (SSSR count). The monoisotopic (exact) mass is 533 g/mol. The average Bonchev–Trinajstić information content (AvgIpc) is 3.30. The van der Waals surface area contributed by atoms with Gasteiger partial charge in [-0.3, -0.25) is 19.2 Å². The first-order valence-electron chi connectivity index (χ1n) is 12.2. The van der Waals surface area contributed by atoms with Crippen LogP contribution in [0.4, 0.5) is 0 Å². The molecule has 0 aliphatic carbocycles. The smallest absolute Gasteiger partial charge is 0.268 e. The number of hydrogen-bond acceptors (Lipinski definition) is 5. The molecule has 3 atom stereocenters. The maximum Gasteiger partial charge on any atom is 0.268 e. The van der Waals surface area contributed by atoms with Gasteiger partial charge in [0.2, 0.25) is 17.7 Å². The van der Waals surface area contributed by atoms with Crippen LogP contribution in [0.15, 0.2) is 18.2 Å². The number of H-pyrrole nitrogens is 1. The van der Waals surface area contributed by atoms with Crippen molar-refractivity contribution in [3.05, 3.63) is 28.9 Å². The Balaban J connectivity index is 1.79. The van der Waals surface area contributed by atoms with Crippen molar-refractivity contribution in [3.8, 4) is 5.75 Å². The number of hydrogen-bond donors (Lipinski definition) is 5. The number of carbonyl (C=O) groups is 4. The van der Waals surface area contributed by atoms with E-state index in [0.717, 1.165) is 0 Å². The van der Waals surface area contributed by atoms with E-state index in [1.165, 1.54) is 7.11 Å². The van der Waals surface area contributed by atoms with Gasteiger partial charge in [-0.1, -0.05) is 32.4 Å². The van der Waals surface area contributed by atoms with Gasteiger partial charge >= 0.3 is 0 Å². The third kappa shape index (κ3) is 7.15. The van der Waals surface area contributed by atoms with Gasteiger partial charge in [-0.05, 0) is 56.7 Å². The molecule has 11 heteroatoms. The lowest BCUT2D eigenvalue weighted by Gasteiger charge is -2.28. The Labute approximate surface area is 221 Å². The summed E-state index contributed by atoms with van der Waals surface area (Å²) in [5.41, 5.74) is 5.68. The van der Waals surface area contributed by atoms with Gasteiger partial charge in [-0.15, -0.1) is 0 Å². The van der Waals surface area contributed by atoms with Gasteiger partial charge in [0, 0.05) is 21.9 Å². The summed E-state index contributed by atoms with van der Waals surface area (Å²) in [6.07, 6.45) is 0.888. The number of halogens is 1. The number of nitrogens with one attached hydrogen (secondary N) is 4. The van der Waals surface area contributed by atoms with Gasteiger partial charge in [0.15, 0.2) is 0 Å². The number of aromatic nitrogens is 1. The van der Waals surface area contributed by atoms with Crippen LogP contribution in [0.1, 0.15) is 64.4 Å². The lowest BCUT2D eigenvalue weighted by molar-refractivity contribution is -0.130. The molecule has 0 bridgehead atoms. The van der Waals surface area contributed by atoms with Crippen LogP contribution < -0.4 is 26.4 Å². The van der Waals surface area contributed by atoms with Gasteiger partial charge in [-0.2, -0.15) is 0 Å². The Morgan fingerprint density at radius 1 is 1.19 bits per heavy atom. The van der Waals surface area contributed by atoms with Gasteiger partial charge in [0.05, 0.1) is 12.6 Å². The van der Waals surface area contributed by atoms with Crippen LogP contribution in [0, 0.1) is 11.3 Å². The Bertz CT molecular complexity index is 1220. The Kier molecular flexibility index (Phi) is 8.12. The summed E-state index contributed by atoms with van der Waals surface area (Å²) in [5, 5.41) is 9.43. The highest BCUT2D eigenvalue weighted by atomic mass is 35.5. The molecule has 4 amide bonds. The quantitative estimate of drug-likeness (QED) is 0.335. The van der Waals surface area contributed by atoms with Crippen molar-refractivity contribution in [2.45, 2.75) is 71.5 Å². The third-order valence-electron chi connectivity index (χ3n) is 6.34. The fourth-order valence-corrected chi connectivity index (χ4v) is 4.92. The van der Waals surface area contributed by atoms with Crippen LogP contribution in [0.25, 0.3) is 10.9 Å². The van der Waals surface area contributed by atoms with Crippen LogP contribution in [0.5, 0.6) is 5.75 Å². The van der Waals surface area contributed by atoms with Crippen LogP contribution in [0.2, 0.25) is 5.02 Å². The molecular formula is C26H36ClN5O5. The SMILES string of the molecule is COc1cc(Cl)cc2[nH]c(C(=O)NC(CC(C)(C)C)C(=O)NC(C[C@@H]3CC(C)(C)NC3=O)C(N)=O)cc12. The number of methoxy groups -OCH3 is 1. The Morgan fingerprint density at radius 3 is 2.41 bits per heavy atom. The lowest BCUT2D eigenvalue weighted by Crippen LogP contribution is -2.54. The topological polar surface area (TPSA) is 155 Å². The van der Waals surface area contributed by atoms with E-state index in [2.05, 4.69) is 20.9 Å². The van der Waals surface area contributed by atoms with Crippen molar-refractivity contribution in [1.82, 2.24) is 20.9 Å². The molecule has 10 nitrogen and oxygen atoms in total. The second-order valence-corrected chi connectivity index (χ2v) is 12.0. The van der Waals surface area contributed by atoms with Crippen molar-refractivity contribution in [2.24, 2.45) is 17.1 Å². The number of aromatic amines is 1. The summed E-state index contributed by atoms with van der Waals surface area (Å²) in [5.74, 6) is -1.94. The highest BCUT2D eigenvalue weighted by Crippen LogP contribution is 2.31. The first-order chi connectivity index (χ1) is 17.1. The van der Waals surface area contributed by atoms with E-state index < -0.39 is 41.3 Å². The van der Waals surface area contributed by atoms with Crippen molar-refractivity contribution < 1.29 is 23.9 Å². The zero-order chi connectivity index (χ0) is 27.7. The number of benzene rings is 1. The second-order valence-electron chi connectivity index (χ2n) is 11.5. The molecule has 1 aliphatic rings. The zero-order valence-corrected chi connectivity index (χ0v) is 22.8. The number of amides is 4. The first-order valence-corrected chi connectivity index (χ1v) is 12.6. The Morgan fingerprint density at radius 2 is 1.86 bits per heavy atom. The molecule has 0 spiro atoms. The summed E-state index contributed by atoms with van der Waals surface area (Å²) >= 11 is 6.13.